The molecule has 0 fully saturated rings. The van der Waals surface area contributed by atoms with Crippen molar-refractivity contribution in [2.24, 2.45) is 4.99 Å². The maximum Gasteiger partial charge on any atom is 0.363 e. The summed E-state index contributed by atoms with van der Waals surface area (Å²) in [6.07, 6.45) is 1.69. The molecule has 1 aliphatic heterocycles. The molecule has 116 valence electrons. The van der Waals surface area contributed by atoms with E-state index in [0.29, 0.717) is 11.6 Å². The van der Waals surface area contributed by atoms with E-state index in [4.69, 9.17) is 9.47 Å². The van der Waals surface area contributed by atoms with Crippen molar-refractivity contribution in [2.45, 2.75) is 13.8 Å². The third kappa shape index (κ3) is 3.16. The lowest BCUT2D eigenvalue weighted by molar-refractivity contribution is -0.129. The van der Waals surface area contributed by atoms with Crippen LogP contribution >= 0.6 is 0 Å². The van der Waals surface area contributed by atoms with Gasteiger partial charge in [-0.1, -0.05) is 29.3 Å². The molecular weight excluding hydrogens is 290 g/mol. The molecule has 0 spiro atoms. The minimum atomic E-state index is -0.454. The van der Waals surface area contributed by atoms with E-state index in [-0.39, 0.29) is 5.70 Å². The van der Waals surface area contributed by atoms with Gasteiger partial charge in [0.25, 0.3) is 0 Å². The first-order valence-corrected chi connectivity index (χ1v) is 7.31. The highest BCUT2D eigenvalue weighted by atomic mass is 16.6. The largest absolute Gasteiger partial charge is 0.496 e. The number of esters is 1. The molecule has 1 aliphatic rings. The van der Waals surface area contributed by atoms with Crippen molar-refractivity contribution >= 4 is 17.9 Å². The molecule has 0 N–H and O–H groups in total. The number of aliphatic imine (C=N–C) groups is 1. The Morgan fingerprint density at radius 3 is 2.61 bits per heavy atom. The van der Waals surface area contributed by atoms with Gasteiger partial charge in [0.05, 0.1) is 7.11 Å². The molecule has 0 atom stereocenters. The molecule has 0 saturated carbocycles. The molecule has 0 aromatic heterocycles. The molecule has 3 rings (SSSR count). The molecular formula is C19H17NO3. The maximum atomic E-state index is 12.1. The Morgan fingerprint density at radius 2 is 1.87 bits per heavy atom. The summed E-state index contributed by atoms with van der Waals surface area (Å²) < 4.78 is 10.6. The number of methoxy groups -OCH3 is 1. The van der Waals surface area contributed by atoms with Gasteiger partial charge in [0.1, 0.15) is 5.75 Å². The number of hydrogen-bond donors (Lipinski definition) is 0. The number of cyclic esters (lactones) is 1. The van der Waals surface area contributed by atoms with E-state index in [0.717, 1.165) is 22.3 Å². The summed E-state index contributed by atoms with van der Waals surface area (Å²) in [5.41, 5.74) is 4.02. The third-order valence-corrected chi connectivity index (χ3v) is 3.56. The van der Waals surface area contributed by atoms with Gasteiger partial charge in [-0.05, 0) is 44.2 Å². The van der Waals surface area contributed by atoms with Gasteiger partial charge in [0.15, 0.2) is 5.70 Å². The highest BCUT2D eigenvalue weighted by Crippen LogP contribution is 2.25. The second-order valence-corrected chi connectivity index (χ2v) is 5.45. The summed E-state index contributed by atoms with van der Waals surface area (Å²) in [7, 11) is 1.60. The zero-order valence-electron chi connectivity index (χ0n) is 13.3. The highest BCUT2D eigenvalue weighted by Gasteiger charge is 2.24. The minimum Gasteiger partial charge on any atom is -0.496 e. The predicted molar refractivity (Wildman–Crippen MR) is 89.5 cm³/mol. The number of rotatable bonds is 3. The molecule has 2 aromatic rings. The smallest absolute Gasteiger partial charge is 0.363 e. The Balaban J connectivity index is 2.00. The van der Waals surface area contributed by atoms with Crippen LogP contribution in [0.2, 0.25) is 0 Å². The molecule has 23 heavy (non-hydrogen) atoms. The van der Waals surface area contributed by atoms with Crippen LogP contribution in [0.1, 0.15) is 22.3 Å². The second kappa shape index (κ2) is 6.08. The standard InChI is InChI=1S/C19H17NO3/c1-12-5-4-6-14(9-12)18-20-16(19(21)23-18)11-15-10-13(2)7-8-17(15)22-3/h4-11H,1-3H3/b16-11+. The number of carbonyl (C=O) groups excluding carboxylic acids is 1. The summed E-state index contributed by atoms with van der Waals surface area (Å²) in [6, 6.07) is 13.5. The van der Waals surface area contributed by atoms with Gasteiger partial charge >= 0.3 is 5.97 Å². The number of carbonyl (C=O) groups is 1. The van der Waals surface area contributed by atoms with E-state index in [9.17, 15) is 4.79 Å². The summed E-state index contributed by atoms with van der Waals surface area (Å²) in [5.74, 6) is 0.566. The van der Waals surface area contributed by atoms with Crippen molar-refractivity contribution in [3.8, 4) is 5.75 Å². The number of benzene rings is 2. The Labute approximate surface area is 135 Å². The van der Waals surface area contributed by atoms with E-state index in [1.165, 1.54) is 0 Å². The second-order valence-electron chi connectivity index (χ2n) is 5.45. The van der Waals surface area contributed by atoms with Crippen LogP contribution < -0.4 is 4.74 Å². The molecule has 1 heterocycles. The first kappa shape index (κ1) is 15.0. The molecule has 4 nitrogen and oxygen atoms in total. The summed E-state index contributed by atoms with van der Waals surface area (Å²) in [6.45, 7) is 3.96. The van der Waals surface area contributed by atoms with E-state index in [1.807, 2.05) is 56.3 Å². The van der Waals surface area contributed by atoms with Gasteiger partial charge in [-0.25, -0.2) is 9.79 Å². The first-order valence-electron chi connectivity index (χ1n) is 7.31. The first-order chi connectivity index (χ1) is 11.1. The lowest BCUT2D eigenvalue weighted by atomic mass is 10.1. The van der Waals surface area contributed by atoms with Crippen molar-refractivity contribution in [3.63, 3.8) is 0 Å². The van der Waals surface area contributed by atoms with E-state index in [1.54, 1.807) is 13.2 Å². The lowest BCUT2D eigenvalue weighted by Gasteiger charge is -2.05. The van der Waals surface area contributed by atoms with Crippen LogP contribution in [0.25, 0.3) is 6.08 Å². The minimum absolute atomic E-state index is 0.269. The average Bonchev–Trinajstić information content (AvgIpc) is 2.89. The molecule has 0 unspecified atom stereocenters. The lowest BCUT2D eigenvalue weighted by Crippen LogP contribution is -2.05. The number of ether oxygens (including phenoxy) is 2. The fourth-order valence-corrected chi connectivity index (χ4v) is 2.42. The van der Waals surface area contributed by atoms with Gasteiger partial charge in [0, 0.05) is 11.1 Å². The van der Waals surface area contributed by atoms with Crippen LogP contribution in [-0.2, 0) is 9.53 Å². The molecule has 0 radical (unpaired) electrons. The topological polar surface area (TPSA) is 47.9 Å². The van der Waals surface area contributed by atoms with E-state index < -0.39 is 5.97 Å². The zero-order valence-corrected chi connectivity index (χ0v) is 13.3. The molecule has 0 amide bonds. The number of aryl methyl sites for hydroxylation is 2. The molecule has 4 heteroatoms. The highest BCUT2D eigenvalue weighted by molar-refractivity contribution is 6.13. The Kier molecular flexibility index (Phi) is 3.98. The predicted octanol–water partition coefficient (Wildman–Crippen LogP) is 3.66. The van der Waals surface area contributed by atoms with Crippen molar-refractivity contribution in [3.05, 3.63) is 70.4 Å². The SMILES string of the molecule is COc1ccc(C)cc1/C=C1/N=C(c2cccc(C)c2)OC1=O. The van der Waals surface area contributed by atoms with Crippen LogP contribution in [0, 0.1) is 13.8 Å². The van der Waals surface area contributed by atoms with Crippen molar-refractivity contribution in [1.29, 1.82) is 0 Å². The summed E-state index contributed by atoms with van der Waals surface area (Å²) >= 11 is 0. The van der Waals surface area contributed by atoms with Crippen LogP contribution in [0.15, 0.2) is 53.2 Å². The molecule has 2 aromatic carbocycles. The van der Waals surface area contributed by atoms with Gasteiger partial charge in [-0.3, -0.25) is 0 Å². The molecule has 0 aliphatic carbocycles. The zero-order chi connectivity index (χ0) is 16.4. The van der Waals surface area contributed by atoms with E-state index >= 15 is 0 Å². The maximum absolute atomic E-state index is 12.1. The summed E-state index contributed by atoms with van der Waals surface area (Å²) in [4.78, 5) is 16.4. The quantitative estimate of drug-likeness (QED) is 0.642. The van der Waals surface area contributed by atoms with Gasteiger partial charge in [0.2, 0.25) is 5.90 Å². The van der Waals surface area contributed by atoms with Crippen molar-refractivity contribution in [2.75, 3.05) is 7.11 Å². The van der Waals surface area contributed by atoms with Gasteiger partial charge in [-0.2, -0.15) is 0 Å². The molecule has 0 saturated heterocycles. The number of nitrogens with zero attached hydrogens (tertiary/aromatic N) is 1. The number of hydrogen-bond acceptors (Lipinski definition) is 4. The normalized spacial score (nSPS) is 15.5. The van der Waals surface area contributed by atoms with Crippen LogP contribution in [0.4, 0.5) is 0 Å². The van der Waals surface area contributed by atoms with Crippen LogP contribution in [-0.4, -0.2) is 19.0 Å². The average molecular weight is 307 g/mol. The Bertz CT molecular complexity index is 834. The Morgan fingerprint density at radius 1 is 1.09 bits per heavy atom. The Hall–Kier alpha value is -2.88. The summed E-state index contributed by atoms with van der Waals surface area (Å²) in [5, 5.41) is 0. The monoisotopic (exact) mass is 307 g/mol. The van der Waals surface area contributed by atoms with E-state index in [2.05, 4.69) is 4.99 Å². The van der Waals surface area contributed by atoms with Crippen LogP contribution in [0.3, 0.4) is 0 Å². The fourth-order valence-electron chi connectivity index (χ4n) is 2.42. The fraction of sp³-hybridized carbons (Fsp3) is 0.158. The van der Waals surface area contributed by atoms with Crippen molar-refractivity contribution < 1.29 is 14.3 Å². The van der Waals surface area contributed by atoms with Gasteiger partial charge < -0.3 is 9.47 Å². The molecule has 0 bridgehead atoms. The van der Waals surface area contributed by atoms with Gasteiger partial charge in [-0.15, -0.1) is 0 Å². The van der Waals surface area contributed by atoms with Crippen LogP contribution in [0.5, 0.6) is 5.75 Å². The third-order valence-electron chi connectivity index (χ3n) is 3.56. The van der Waals surface area contributed by atoms with Crippen molar-refractivity contribution in [1.82, 2.24) is 0 Å².